The van der Waals surface area contributed by atoms with Gasteiger partial charge < -0.3 is 14.6 Å². The van der Waals surface area contributed by atoms with Crippen molar-refractivity contribution >= 4 is 5.78 Å². The Balaban J connectivity index is 1.43. The Bertz CT molecular complexity index is 1070. The lowest BCUT2D eigenvalue weighted by Gasteiger charge is -2.63. The van der Waals surface area contributed by atoms with Crippen molar-refractivity contribution in [3.05, 3.63) is 59.2 Å². The van der Waals surface area contributed by atoms with Gasteiger partial charge in [0.15, 0.2) is 11.5 Å². The molecular formula is C28H33NO4. The molecule has 174 valence electrons. The van der Waals surface area contributed by atoms with E-state index in [1.165, 1.54) is 18.4 Å². The van der Waals surface area contributed by atoms with Gasteiger partial charge in [-0.15, -0.1) is 0 Å². The highest BCUT2D eigenvalue weighted by molar-refractivity contribution is 5.83. The highest BCUT2D eigenvalue weighted by Crippen LogP contribution is 2.61. The molecule has 1 heterocycles. The van der Waals surface area contributed by atoms with Crippen molar-refractivity contribution in [1.29, 1.82) is 0 Å². The van der Waals surface area contributed by atoms with Crippen LogP contribution < -0.4 is 9.47 Å². The van der Waals surface area contributed by atoms with E-state index < -0.39 is 11.0 Å². The number of carbonyl (C=O) groups is 1. The summed E-state index contributed by atoms with van der Waals surface area (Å²) in [5, 5.41) is 12.4. The minimum Gasteiger partial charge on any atom is -0.493 e. The van der Waals surface area contributed by atoms with Crippen LogP contribution in [0.15, 0.2) is 42.5 Å². The van der Waals surface area contributed by atoms with Crippen LogP contribution >= 0.6 is 0 Å². The average molecular weight is 448 g/mol. The molecule has 5 heteroatoms. The van der Waals surface area contributed by atoms with Crippen LogP contribution in [-0.4, -0.2) is 47.6 Å². The van der Waals surface area contributed by atoms with E-state index in [-0.39, 0.29) is 11.8 Å². The summed E-state index contributed by atoms with van der Waals surface area (Å²) < 4.78 is 12.2. The average Bonchev–Trinajstić information content (AvgIpc) is 3.64. The fourth-order valence-corrected chi connectivity index (χ4v) is 6.87. The van der Waals surface area contributed by atoms with Gasteiger partial charge in [0, 0.05) is 36.4 Å². The maximum Gasteiger partial charge on any atom is 0.164 e. The molecule has 0 amide bonds. The second-order valence-electron chi connectivity index (χ2n) is 10.5. The zero-order valence-corrected chi connectivity index (χ0v) is 19.4. The van der Waals surface area contributed by atoms with Crippen molar-refractivity contribution in [2.45, 2.75) is 68.6 Å². The number of ether oxygens (including phenoxy) is 2. The summed E-state index contributed by atoms with van der Waals surface area (Å²) in [4.78, 5) is 15.4. The van der Waals surface area contributed by atoms with Crippen molar-refractivity contribution in [2.24, 2.45) is 5.92 Å². The third-order valence-corrected chi connectivity index (χ3v) is 8.66. The number of fused-ring (bicyclic) bond motifs is 1. The van der Waals surface area contributed by atoms with Crippen molar-refractivity contribution in [1.82, 2.24) is 4.90 Å². The first-order valence-corrected chi connectivity index (χ1v) is 12.4. The van der Waals surface area contributed by atoms with Gasteiger partial charge in [-0.2, -0.15) is 0 Å². The Labute approximate surface area is 195 Å². The number of benzene rings is 2. The topological polar surface area (TPSA) is 59.0 Å². The molecule has 3 atom stereocenters. The third-order valence-electron chi connectivity index (χ3n) is 8.66. The van der Waals surface area contributed by atoms with Gasteiger partial charge in [0.25, 0.3) is 0 Å². The maximum atomic E-state index is 12.8. The van der Waals surface area contributed by atoms with Gasteiger partial charge >= 0.3 is 0 Å². The van der Waals surface area contributed by atoms with Crippen LogP contribution in [0, 0.1) is 5.92 Å². The number of hydrogen-bond donors (Lipinski definition) is 1. The molecule has 5 nitrogen and oxygen atoms in total. The number of aliphatic hydroxyl groups is 1. The summed E-state index contributed by atoms with van der Waals surface area (Å²) >= 11 is 0. The van der Waals surface area contributed by atoms with Crippen molar-refractivity contribution in [3.63, 3.8) is 0 Å². The predicted octanol–water partition coefficient (Wildman–Crippen LogP) is 4.04. The molecule has 2 bridgehead atoms. The number of likely N-dealkylation sites (tertiary alicyclic amines) is 1. The molecule has 2 aromatic carbocycles. The number of rotatable bonds is 6. The minimum absolute atomic E-state index is 0.0632. The Hall–Kier alpha value is -2.37. The van der Waals surface area contributed by atoms with E-state index in [1.807, 2.05) is 36.4 Å². The summed E-state index contributed by atoms with van der Waals surface area (Å²) in [6.45, 7) is 2.44. The third kappa shape index (κ3) is 3.31. The quantitative estimate of drug-likeness (QED) is 0.724. The predicted molar refractivity (Wildman–Crippen MR) is 126 cm³/mol. The lowest BCUT2D eigenvalue weighted by atomic mass is 9.49. The SMILES string of the molecule is COc1c(OCc2ccccc2)ccc2c1[C@@]13CCN(CC4CC4)[C@@H](C2)[C@]1(O)CCC(=O)C3. The van der Waals surface area contributed by atoms with E-state index >= 15 is 0 Å². The van der Waals surface area contributed by atoms with Crippen LogP contribution in [0.1, 0.15) is 55.2 Å². The van der Waals surface area contributed by atoms with E-state index in [4.69, 9.17) is 9.47 Å². The van der Waals surface area contributed by atoms with Gasteiger partial charge in [-0.3, -0.25) is 9.69 Å². The molecule has 0 aromatic heterocycles. The standard InChI is InChI=1S/C28H33NO4/c1-32-26-23(33-18-20-5-3-2-4-6-20)10-9-21-15-24-28(31)12-11-22(30)16-27(28,25(21)26)13-14-29(24)17-19-7-8-19/h2-6,9-10,19,24,31H,7-8,11-18H2,1H3/t24-,27-,28+/m0/s1. The molecule has 1 saturated heterocycles. The highest BCUT2D eigenvalue weighted by atomic mass is 16.5. The monoisotopic (exact) mass is 447 g/mol. The first-order chi connectivity index (χ1) is 16.0. The lowest BCUT2D eigenvalue weighted by molar-refractivity contribution is -0.173. The van der Waals surface area contributed by atoms with Crippen molar-refractivity contribution in [3.8, 4) is 11.5 Å². The van der Waals surface area contributed by atoms with Gasteiger partial charge in [0.2, 0.25) is 0 Å². The largest absolute Gasteiger partial charge is 0.493 e. The Morgan fingerprint density at radius 2 is 1.94 bits per heavy atom. The zero-order chi connectivity index (χ0) is 22.6. The second-order valence-corrected chi connectivity index (χ2v) is 10.5. The van der Waals surface area contributed by atoms with E-state index in [9.17, 15) is 9.90 Å². The van der Waals surface area contributed by atoms with Crippen LogP contribution in [0.4, 0.5) is 0 Å². The smallest absolute Gasteiger partial charge is 0.164 e. The van der Waals surface area contributed by atoms with Crippen LogP contribution in [0.25, 0.3) is 0 Å². The summed E-state index contributed by atoms with van der Waals surface area (Å²) in [5.41, 5.74) is 1.80. The van der Waals surface area contributed by atoms with Gasteiger partial charge in [0.05, 0.1) is 12.7 Å². The van der Waals surface area contributed by atoms with Crippen molar-refractivity contribution < 1.29 is 19.4 Å². The number of methoxy groups -OCH3 is 1. The van der Waals surface area contributed by atoms with Crippen LogP contribution in [0.3, 0.4) is 0 Å². The van der Waals surface area contributed by atoms with Crippen LogP contribution in [-0.2, 0) is 23.2 Å². The number of piperidine rings is 1. The fourth-order valence-electron chi connectivity index (χ4n) is 6.87. The van der Waals surface area contributed by atoms with E-state index in [0.717, 1.165) is 43.0 Å². The molecule has 0 unspecified atom stereocenters. The summed E-state index contributed by atoms with van der Waals surface area (Å²) in [7, 11) is 1.68. The fraction of sp³-hybridized carbons (Fsp3) is 0.536. The number of nitrogens with zero attached hydrogens (tertiary/aromatic N) is 1. The number of hydrogen-bond acceptors (Lipinski definition) is 5. The van der Waals surface area contributed by atoms with Gasteiger partial charge in [-0.05, 0) is 61.8 Å². The molecule has 6 rings (SSSR count). The highest BCUT2D eigenvalue weighted by Gasteiger charge is 2.65. The van der Waals surface area contributed by atoms with E-state index in [0.29, 0.717) is 37.4 Å². The Kier molecular flexibility index (Phi) is 5.04. The van der Waals surface area contributed by atoms with Gasteiger partial charge in [-0.1, -0.05) is 36.4 Å². The summed E-state index contributed by atoms with van der Waals surface area (Å²) in [5.74, 6) is 2.41. The van der Waals surface area contributed by atoms with Crippen LogP contribution in [0.5, 0.6) is 11.5 Å². The molecule has 1 N–H and O–H groups in total. The molecule has 0 radical (unpaired) electrons. The molecule has 2 aromatic rings. The lowest BCUT2D eigenvalue weighted by Crippen LogP contribution is -2.73. The molecule has 1 aliphatic heterocycles. The molecule has 2 saturated carbocycles. The molecular weight excluding hydrogens is 414 g/mol. The number of ketones is 1. The maximum absolute atomic E-state index is 12.8. The minimum atomic E-state index is -0.910. The normalized spacial score (nSPS) is 31.0. The van der Waals surface area contributed by atoms with E-state index in [1.54, 1.807) is 7.11 Å². The second kappa shape index (κ2) is 7.85. The van der Waals surface area contributed by atoms with Crippen molar-refractivity contribution in [2.75, 3.05) is 20.2 Å². The number of carbonyl (C=O) groups excluding carboxylic acids is 1. The van der Waals surface area contributed by atoms with Gasteiger partial charge in [0.1, 0.15) is 12.4 Å². The zero-order valence-electron chi connectivity index (χ0n) is 19.4. The Morgan fingerprint density at radius 1 is 1.12 bits per heavy atom. The summed E-state index contributed by atoms with van der Waals surface area (Å²) in [6.07, 6.45) is 5.58. The first kappa shape index (κ1) is 21.2. The van der Waals surface area contributed by atoms with Gasteiger partial charge in [-0.25, -0.2) is 0 Å². The molecule has 3 fully saturated rings. The van der Waals surface area contributed by atoms with E-state index in [2.05, 4.69) is 11.0 Å². The molecule has 3 aliphatic carbocycles. The number of Topliss-reactive ketones (excluding diaryl/α,β-unsaturated/α-hetero) is 1. The molecule has 0 spiro atoms. The Morgan fingerprint density at radius 3 is 2.70 bits per heavy atom. The molecule has 33 heavy (non-hydrogen) atoms. The van der Waals surface area contributed by atoms with Crippen LogP contribution in [0.2, 0.25) is 0 Å². The molecule has 4 aliphatic rings. The first-order valence-electron chi connectivity index (χ1n) is 12.4. The summed E-state index contributed by atoms with van der Waals surface area (Å²) in [6, 6.07) is 14.3.